The van der Waals surface area contributed by atoms with Crippen LogP contribution in [-0.4, -0.2) is 20.3 Å². The second-order valence-corrected chi connectivity index (χ2v) is 3.94. The molecule has 0 radical (unpaired) electrons. The molecule has 0 fully saturated rings. The molecule has 0 aromatic heterocycles. The second kappa shape index (κ2) is 5.55. The summed E-state index contributed by atoms with van der Waals surface area (Å²) >= 11 is 0. The normalized spacial score (nSPS) is 15.1. The first kappa shape index (κ1) is 11.7. The van der Waals surface area contributed by atoms with Gasteiger partial charge in [-0.3, -0.25) is 0 Å². The Labute approximate surface area is 101 Å². The largest absolute Gasteiger partial charge is 0.486 e. The Morgan fingerprint density at radius 1 is 1.35 bits per heavy atom. The topological polar surface area (TPSA) is 54.3 Å². The third-order valence-corrected chi connectivity index (χ3v) is 2.86. The van der Waals surface area contributed by atoms with Crippen molar-refractivity contribution in [2.75, 3.05) is 20.3 Å². The molecule has 0 amide bonds. The molecule has 4 heteroatoms. The van der Waals surface area contributed by atoms with Crippen molar-refractivity contribution in [3.63, 3.8) is 0 Å². The zero-order valence-corrected chi connectivity index (χ0v) is 9.90. The van der Waals surface area contributed by atoms with Crippen LogP contribution < -0.4 is 14.8 Å². The van der Waals surface area contributed by atoms with Crippen molar-refractivity contribution in [3.05, 3.63) is 23.8 Å². The van der Waals surface area contributed by atoms with Crippen LogP contribution in [0.3, 0.4) is 0 Å². The Morgan fingerprint density at radius 2 is 2.12 bits per heavy atom. The standard InChI is InChI=1S/C13H16N2O2/c1-15-11(3-2-6-14)10-4-5-12-13(9-10)17-8-7-16-12/h4-5,9,11,15H,2-3,7-8H2,1H3. The van der Waals surface area contributed by atoms with E-state index in [-0.39, 0.29) is 6.04 Å². The molecule has 1 aromatic carbocycles. The molecule has 0 spiro atoms. The molecule has 90 valence electrons. The maximum Gasteiger partial charge on any atom is 0.161 e. The van der Waals surface area contributed by atoms with E-state index in [4.69, 9.17) is 14.7 Å². The average Bonchev–Trinajstić information content (AvgIpc) is 2.39. The molecule has 1 atom stereocenters. The van der Waals surface area contributed by atoms with Gasteiger partial charge >= 0.3 is 0 Å². The van der Waals surface area contributed by atoms with Crippen LogP contribution in [0.4, 0.5) is 0 Å². The first-order chi connectivity index (χ1) is 8.35. The molecular formula is C13H16N2O2. The lowest BCUT2D eigenvalue weighted by atomic mass is 10.0. The number of rotatable bonds is 4. The number of hydrogen-bond acceptors (Lipinski definition) is 4. The Hall–Kier alpha value is -1.73. The Balaban J connectivity index is 2.17. The molecule has 0 saturated heterocycles. The van der Waals surface area contributed by atoms with E-state index in [0.717, 1.165) is 23.5 Å². The van der Waals surface area contributed by atoms with E-state index in [1.165, 1.54) is 0 Å². The third-order valence-electron chi connectivity index (χ3n) is 2.86. The summed E-state index contributed by atoms with van der Waals surface area (Å²) < 4.78 is 11.0. The number of benzene rings is 1. The monoisotopic (exact) mass is 232 g/mol. The van der Waals surface area contributed by atoms with Gasteiger partial charge in [-0.2, -0.15) is 5.26 Å². The van der Waals surface area contributed by atoms with Gasteiger partial charge in [-0.05, 0) is 31.2 Å². The van der Waals surface area contributed by atoms with Crippen LogP contribution in [0.15, 0.2) is 18.2 Å². The lowest BCUT2D eigenvalue weighted by Gasteiger charge is -2.21. The number of nitriles is 1. The molecule has 0 bridgehead atoms. The van der Waals surface area contributed by atoms with E-state index in [9.17, 15) is 0 Å². The van der Waals surface area contributed by atoms with E-state index >= 15 is 0 Å². The first-order valence-corrected chi connectivity index (χ1v) is 5.79. The summed E-state index contributed by atoms with van der Waals surface area (Å²) in [6.45, 7) is 1.20. The number of nitrogens with one attached hydrogen (secondary N) is 1. The highest BCUT2D eigenvalue weighted by Gasteiger charge is 2.15. The maximum atomic E-state index is 8.63. The minimum absolute atomic E-state index is 0.186. The van der Waals surface area contributed by atoms with Crippen molar-refractivity contribution in [1.29, 1.82) is 5.26 Å². The van der Waals surface area contributed by atoms with E-state index in [2.05, 4.69) is 11.4 Å². The van der Waals surface area contributed by atoms with Gasteiger partial charge in [-0.15, -0.1) is 0 Å². The van der Waals surface area contributed by atoms with Gasteiger partial charge in [-0.25, -0.2) is 0 Å². The molecule has 1 N–H and O–H groups in total. The Kier molecular flexibility index (Phi) is 3.84. The minimum atomic E-state index is 0.186. The van der Waals surface area contributed by atoms with E-state index in [1.54, 1.807) is 0 Å². The fourth-order valence-corrected chi connectivity index (χ4v) is 1.96. The van der Waals surface area contributed by atoms with Gasteiger partial charge in [0, 0.05) is 12.5 Å². The lowest BCUT2D eigenvalue weighted by molar-refractivity contribution is 0.171. The molecule has 4 nitrogen and oxygen atoms in total. The molecule has 1 aliphatic heterocycles. The fraction of sp³-hybridized carbons (Fsp3) is 0.462. The smallest absolute Gasteiger partial charge is 0.161 e. The summed E-state index contributed by atoms with van der Waals surface area (Å²) in [6, 6.07) is 8.30. The lowest BCUT2D eigenvalue weighted by Crippen LogP contribution is -2.18. The quantitative estimate of drug-likeness (QED) is 0.863. The van der Waals surface area contributed by atoms with Crippen LogP contribution in [0.5, 0.6) is 11.5 Å². The molecule has 0 aliphatic carbocycles. The van der Waals surface area contributed by atoms with Crippen LogP contribution >= 0.6 is 0 Å². The Bertz CT molecular complexity index is 426. The first-order valence-electron chi connectivity index (χ1n) is 5.79. The number of ether oxygens (including phenoxy) is 2. The summed E-state index contributed by atoms with van der Waals surface area (Å²) in [5.41, 5.74) is 1.13. The number of hydrogen-bond donors (Lipinski definition) is 1. The van der Waals surface area contributed by atoms with Gasteiger partial charge in [0.2, 0.25) is 0 Å². The molecule has 0 saturated carbocycles. The van der Waals surface area contributed by atoms with Crippen molar-refractivity contribution in [2.45, 2.75) is 18.9 Å². The van der Waals surface area contributed by atoms with Gasteiger partial charge in [0.15, 0.2) is 11.5 Å². The summed E-state index contributed by atoms with van der Waals surface area (Å²) in [7, 11) is 1.90. The SMILES string of the molecule is CNC(CCC#N)c1ccc2c(c1)OCCO2. The zero-order valence-electron chi connectivity index (χ0n) is 9.90. The minimum Gasteiger partial charge on any atom is -0.486 e. The second-order valence-electron chi connectivity index (χ2n) is 3.94. The molecule has 1 unspecified atom stereocenters. The van der Waals surface area contributed by atoms with Crippen molar-refractivity contribution in [2.24, 2.45) is 0 Å². The van der Waals surface area contributed by atoms with Gasteiger partial charge in [-0.1, -0.05) is 6.07 Å². The molecule has 1 aliphatic rings. The van der Waals surface area contributed by atoms with Crippen LogP contribution in [0.1, 0.15) is 24.4 Å². The van der Waals surface area contributed by atoms with Crippen LogP contribution in [0.25, 0.3) is 0 Å². The van der Waals surface area contributed by atoms with Gasteiger partial charge in [0.1, 0.15) is 13.2 Å². The predicted molar refractivity (Wildman–Crippen MR) is 64.1 cm³/mol. The maximum absolute atomic E-state index is 8.63. The van der Waals surface area contributed by atoms with Crippen LogP contribution in [-0.2, 0) is 0 Å². The van der Waals surface area contributed by atoms with Crippen molar-refractivity contribution in [1.82, 2.24) is 5.32 Å². The molecule has 17 heavy (non-hydrogen) atoms. The summed E-state index contributed by atoms with van der Waals surface area (Å²) in [5.74, 6) is 1.60. The van der Waals surface area contributed by atoms with Crippen molar-refractivity contribution in [3.8, 4) is 17.6 Å². The van der Waals surface area contributed by atoms with Gasteiger partial charge in [0.05, 0.1) is 6.07 Å². The van der Waals surface area contributed by atoms with Crippen molar-refractivity contribution < 1.29 is 9.47 Å². The highest BCUT2D eigenvalue weighted by molar-refractivity contribution is 5.44. The molecule has 1 aromatic rings. The summed E-state index contributed by atoms with van der Waals surface area (Å²) in [6.07, 6.45) is 1.34. The van der Waals surface area contributed by atoms with Gasteiger partial charge < -0.3 is 14.8 Å². The molecule has 2 rings (SSSR count). The van der Waals surface area contributed by atoms with Crippen molar-refractivity contribution >= 4 is 0 Å². The predicted octanol–water partition coefficient (Wildman–Crippen LogP) is 2.02. The number of nitrogens with zero attached hydrogens (tertiary/aromatic N) is 1. The molecule has 1 heterocycles. The van der Waals surface area contributed by atoms with E-state index < -0.39 is 0 Å². The van der Waals surface area contributed by atoms with E-state index in [0.29, 0.717) is 19.6 Å². The summed E-state index contributed by atoms with van der Waals surface area (Å²) in [5, 5.41) is 11.8. The average molecular weight is 232 g/mol. The van der Waals surface area contributed by atoms with Crippen LogP contribution in [0, 0.1) is 11.3 Å². The molecular weight excluding hydrogens is 216 g/mol. The highest BCUT2D eigenvalue weighted by Crippen LogP contribution is 2.33. The zero-order chi connectivity index (χ0) is 12.1. The van der Waals surface area contributed by atoms with E-state index in [1.807, 2.05) is 25.2 Å². The van der Waals surface area contributed by atoms with Gasteiger partial charge in [0.25, 0.3) is 0 Å². The van der Waals surface area contributed by atoms with Crippen LogP contribution in [0.2, 0.25) is 0 Å². The highest BCUT2D eigenvalue weighted by atomic mass is 16.6. The Morgan fingerprint density at radius 3 is 2.82 bits per heavy atom. The third kappa shape index (κ3) is 2.69. The number of fused-ring (bicyclic) bond motifs is 1. The summed E-state index contributed by atoms with van der Waals surface area (Å²) in [4.78, 5) is 0. The fourth-order valence-electron chi connectivity index (χ4n) is 1.96.